The van der Waals surface area contributed by atoms with E-state index >= 15 is 0 Å². The number of fused-ring (bicyclic) bond motifs is 1. The van der Waals surface area contributed by atoms with E-state index in [0.717, 1.165) is 49.3 Å². The molecule has 2 aromatic rings. The average Bonchev–Trinajstić information content (AvgIpc) is 2.85. The van der Waals surface area contributed by atoms with Gasteiger partial charge >= 0.3 is 5.97 Å². The first kappa shape index (κ1) is 27.6. The Morgan fingerprint density at radius 2 is 1.61 bits per heavy atom. The summed E-state index contributed by atoms with van der Waals surface area (Å²) >= 11 is 6.04. The van der Waals surface area contributed by atoms with Crippen LogP contribution in [0.25, 0.3) is 0 Å². The molecule has 0 aromatic heterocycles. The second kappa shape index (κ2) is 14.0. The van der Waals surface area contributed by atoms with Crippen LogP contribution in [0.1, 0.15) is 36.8 Å². The molecule has 8 nitrogen and oxygen atoms in total. The van der Waals surface area contributed by atoms with Crippen LogP contribution >= 0.6 is 11.6 Å². The van der Waals surface area contributed by atoms with Gasteiger partial charge in [0.2, 0.25) is 5.91 Å². The quantitative estimate of drug-likeness (QED) is 0.603. The first-order valence-electron chi connectivity index (χ1n) is 12.2. The van der Waals surface area contributed by atoms with Gasteiger partial charge in [-0.2, -0.15) is 0 Å². The molecule has 0 saturated heterocycles. The fourth-order valence-electron chi connectivity index (χ4n) is 4.41. The number of carboxylic acids is 1. The molecule has 0 radical (unpaired) electrons. The monoisotopic (exact) mass is 515 g/mol. The Balaban J connectivity index is 1.87. The summed E-state index contributed by atoms with van der Waals surface area (Å²) in [6, 6.07) is 15.3. The zero-order valence-electron chi connectivity index (χ0n) is 20.7. The van der Waals surface area contributed by atoms with Gasteiger partial charge < -0.3 is 19.6 Å². The van der Waals surface area contributed by atoms with Crippen molar-refractivity contribution in [2.45, 2.75) is 38.8 Å². The number of carboxylic acid groups (broad SMARTS) is 1. The van der Waals surface area contributed by atoms with Gasteiger partial charge in [0.25, 0.3) is 5.91 Å². The van der Waals surface area contributed by atoms with Crippen molar-refractivity contribution in [2.24, 2.45) is 0 Å². The highest BCUT2D eigenvalue weighted by Crippen LogP contribution is 2.24. The Labute approximate surface area is 217 Å². The minimum absolute atomic E-state index is 0.0376. The van der Waals surface area contributed by atoms with Crippen LogP contribution in [0.2, 0.25) is 5.02 Å². The lowest BCUT2D eigenvalue weighted by Gasteiger charge is -2.31. The van der Waals surface area contributed by atoms with Crippen LogP contribution in [0.3, 0.4) is 0 Å². The van der Waals surface area contributed by atoms with Crippen LogP contribution in [-0.2, 0) is 32.2 Å². The molecule has 0 saturated carbocycles. The molecule has 0 fully saturated rings. The zero-order chi connectivity index (χ0) is 25.9. The zero-order valence-corrected chi connectivity index (χ0v) is 21.5. The Morgan fingerprint density at radius 1 is 0.917 bits per heavy atom. The minimum atomic E-state index is -0.997. The Kier molecular flexibility index (Phi) is 10.7. The standard InChI is InChI=1S/C27H34ClN3O5/c1-36-20-26(33)31-17-5-15-29(18-21-8-10-23(28)11-9-21)14-4-16-30(25(32)12-13-27(34)35)19-22-6-2-3-7-24(22)31/h2-3,6-11H,4-5,12-20H2,1H3,(H,34,35). The third-order valence-electron chi connectivity index (χ3n) is 6.20. The summed E-state index contributed by atoms with van der Waals surface area (Å²) in [7, 11) is 1.50. The summed E-state index contributed by atoms with van der Waals surface area (Å²) in [6.07, 6.45) is 1.26. The number of carbonyl (C=O) groups excluding carboxylic acids is 2. The molecular formula is C27H34ClN3O5. The first-order chi connectivity index (χ1) is 17.4. The lowest BCUT2D eigenvalue weighted by molar-refractivity contribution is -0.141. The van der Waals surface area contributed by atoms with Crippen molar-refractivity contribution in [3.05, 3.63) is 64.7 Å². The number of methoxy groups -OCH3 is 1. The van der Waals surface area contributed by atoms with E-state index < -0.39 is 5.97 Å². The van der Waals surface area contributed by atoms with Crippen LogP contribution in [-0.4, -0.2) is 72.6 Å². The minimum Gasteiger partial charge on any atom is -0.481 e. The van der Waals surface area contributed by atoms with Crippen molar-refractivity contribution in [1.82, 2.24) is 9.80 Å². The molecule has 9 heteroatoms. The summed E-state index contributed by atoms with van der Waals surface area (Å²) in [4.78, 5) is 42.8. The number of ether oxygens (including phenoxy) is 1. The largest absolute Gasteiger partial charge is 0.481 e. The van der Waals surface area contributed by atoms with Crippen LogP contribution in [0.15, 0.2) is 48.5 Å². The Hall–Kier alpha value is -2.94. The molecule has 0 aliphatic carbocycles. The predicted octanol–water partition coefficient (Wildman–Crippen LogP) is 3.81. The molecule has 1 N–H and O–H groups in total. The van der Waals surface area contributed by atoms with Crippen molar-refractivity contribution in [3.8, 4) is 0 Å². The lowest BCUT2D eigenvalue weighted by atomic mass is 10.1. The normalized spacial score (nSPS) is 15.5. The van der Waals surface area contributed by atoms with E-state index in [1.54, 1.807) is 9.80 Å². The highest BCUT2D eigenvalue weighted by molar-refractivity contribution is 6.30. The van der Waals surface area contributed by atoms with E-state index in [9.17, 15) is 14.4 Å². The van der Waals surface area contributed by atoms with Gasteiger partial charge in [-0.25, -0.2) is 0 Å². The number of halogens is 1. The fourth-order valence-corrected chi connectivity index (χ4v) is 4.54. The maximum atomic E-state index is 13.0. The number of benzene rings is 2. The van der Waals surface area contributed by atoms with E-state index in [2.05, 4.69) is 4.90 Å². The predicted molar refractivity (Wildman–Crippen MR) is 139 cm³/mol. The molecule has 0 spiro atoms. The third-order valence-corrected chi connectivity index (χ3v) is 6.45. The number of para-hydroxylation sites is 1. The molecule has 3 rings (SSSR count). The van der Waals surface area contributed by atoms with Crippen LogP contribution in [0.4, 0.5) is 5.69 Å². The van der Waals surface area contributed by atoms with Crippen LogP contribution < -0.4 is 4.90 Å². The summed E-state index contributed by atoms with van der Waals surface area (Å²) in [5, 5.41) is 9.76. The van der Waals surface area contributed by atoms with Crippen LogP contribution in [0.5, 0.6) is 0 Å². The van der Waals surface area contributed by atoms with E-state index in [-0.39, 0.29) is 31.3 Å². The van der Waals surface area contributed by atoms with Crippen molar-refractivity contribution >= 4 is 35.1 Å². The number of amides is 2. The van der Waals surface area contributed by atoms with Gasteiger partial charge in [0.15, 0.2) is 0 Å². The van der Waals surface area contributed by atoms with E-state index in [1.807, 2.05) is 48.5 Å². The number of rotatable bonds is 7. The number of hydrogen-bond donors (Lipinski definition) is 1. The summed E-state index contributed by atoms with van der Waals surface area (Å²) < 4.78 is 5.14. The number of anilines is 1. The van der Waals surface area contributed by atoms with Crippen molar-refractivity contribution in [2.75, 3.05) is 44.8 Å². The van der Waals surface area contributed by atoms with Crippen molar-refractivity contribution < 1.29 is 24.2 Å². The Bertz CT molecular complexity index is 1030. The molecule has 36 heavy (non-hydrogen) atoms. The van der Waals surface area contributed by atoms with Gasteiger partial charge in [-0.3, -0.25) is 19.3 Å². The molecule has 1 heterocycles. The van der Waals surface area contributed by atoms with E-state index in [0.29, 0.717) is 24.7 Å². The van der Waals surface area contributed by atoms with Gasteiger partial charge in [-0.05, 0) is 42.2 Å². The third kappa shape index (κ3) is 8.33. The number of hydrogen-bond acceptors (Lipinski definition) is 5. The maximum Gasteiger partial charge on any atom is 0.303 e. The molecule has 1 aliphatic rings. The average molecular weight is 516 g/mol. The molecule has 1 aliphatic heterocycles. The van der Waals surface area contributed by atoms with Crippen molar-refractivity contribution in [1.29, 1.82) is 0 Å². The van der Waals surface area contributed by atoms with E-state index in [4.69, 9.17) is 21.4 Å². The van der Waals surface area contributed by atoms with Gasteiger partial charge in [0.05, 0.1) is 6.42 Å². The molecule has 194 valence electrons. The highest BCUT2D eigenvalue weighted by Gasteiger charge is 2.23. The van der Waals surface area contributed by atoms with E-state index in [1.165, 1.54) is 7.11 Å². The molecule has 0 unspecified atom stereocenters. The second-order valence-electron chi connectivity index (χ2n) is 8.93. The maximum absolute atomic E-state index is 13.0. The highest BCUT2D eigenvalue weighted by atomic mass is 35.5. The number of nitrogens with zero attached hydrogens (tertiary/aromatic N) is 3. The summed E-state index contributed by atoms with van der Waals surface area (Å²) in [5.74, 6) is -1.35. The molecule has 0 bridgehead atoms. The molecule has 0 atom stereocenters. The first-order valence-corrected chi connectivity index (χ1v) is 12.6. The number of aliphatic carboxylic acids is 1. The summed E-state index contributed by atoms with van der Waals surface area (Å²) in [6.45, 7) is 3.55. The Morgan fingerprint density at radius 3 is 2.31 bits per heavy atom. The van der Waals surface area contributed by atoms with Gasteiger partial charge in [-0.15, -0.1) is 0 Å². The topological polar surface area (TPSA) is 90.4 Å². The molecule has 2 amide bonds. The van der Waals surface area contributed by atoms with Gasteiger partial charge in [0, 0.05) is 63.5 Å². The van der Waals surface area contributed by atoms with Gasteiger partial charge in [0.1, 0.15) is 6.61 Å². The number of carbonyl (C=O) groups is 3. The molecule has 2 aromatic carbocycles. The molecular weight excluding hydrogens is 482 g/mol. The smallest absolute Gasteiger partial charge is 0.303 e. The lowest BCUT2D eigenvalue weighted by Crippen LogP contribution is -2.40. The van der Waals surface area contributed by atoms with Crippen LogP contribution in [0, 0.1) is 0 Å². The van der Waals surface area contributed by atoms with Gasteiger partial charge in [-0.1, -0.05) is 41.9 Å². The second-order valence-corrected chi connectivity index (χ2v) is 9.36. The SMILES string of the molecule is COCC(=O)N1CCCN(Cc2ccc(Cl)cc2)CCCN(C(=O)CCC(=O)O)Cc2ccccc21. The fraction of sp³-hybridized carbons (Fsp3) is 0.444. The van der Waals surface area contributed by atoms with Crippen molar-refractivity contribution in [3.63, 3.8) is 0 Å². The summed E-state index contributed by atoms with van der Waals surface area (Å²) in [5.41, 5.74) is 2.74.